The fourth-order valence-corrected chi connectivity index (χ4v) is 8.53. The molecule has 0 radical (unpaired) electrons. The van der Waals surface area contributed by atoms with E-state index in [2.05, 4.69) is 167 Å². The third kappa shape index (κ3) is 64.0. The molecule has 0 N–H and O–H groups in total. The van der Waals surface area contributed by atoms with E-state index in [-0.39, 0.29) is 31.1 Å². The number of carbonyl (C=O) groups excluding carboxylic acids is 3. The Morgan fingerprint density at radius 3 is 0.772 bits per heavy atom. The van der Waals surface area contributed by atoms with Crippen molar-refractivity contribution in [2.45, 2.75) is 284 Å². The van der Waals surface area contributed by atoms with Crippen LogP contribution < -0.4 is 0 Å². The largest absolute Gasteiger partial charge is 0.462 e. The number of hydrogen-bond donors (Lipinski definition) is 0. The highest BCUT2D eigenvalue weighted by molar-refractivity contribution is 5.71. The molecule has 0 amide bonds. The summed E-state index contributed by atoms with van der Waals surface area (Å²) in [5.41, 5.74) is 0. The maximum Gasteiger partial charge on any atom is 0.306 e. The van der Waals surface area contributed by atoms with Crippen LogP contribution in [0.15, 0.2) is 146 Å². The Morgan fingerprint density at radius 2 is 0.494 bits per heavy atom. The van der Waals surface area contributed by atoms with E-state index in [0.717, 1.165) is 154 Å². The Labute approximate surface area is 487 Å². The smallest absolute Gasteiger partial charge is 0.306 e. The second-order valence-electron chi connectivity index (χ2n) is 20.9. The quantitative estimate of drug-likeness (QED) is 0.0261. The Hall–Kier alpha value is -4.71. The lowest BCUT2D eigenvalue weighted by atomic mass is 10.1. The molecule has 0 aliphatic rings. The van der Waals surface area contributed by atoms with Gasteiger partial charge >= 0.3 is 17.9 Å². The van der Waals surface area contributed by atoms with Gasteiger partial charge in [-0.2, -0.15) is 0 Å². The van der Waals surface area contributed by atoms with E-state index in [1.54, 1.807) is 0 Å². The maximum atomic E-state index is 12.9. The van der Waals surface area contributed by atoms with Crippen LogP contribution in [0.4, 0.5) is 0 Å². The summed E-state index contributed by atoms with van der Waals surface area (Å²) in [5, 5.41) is 0. The monoisotopic (exact) mass is 1090 g/mol. The van der Waals surface area contributed by atoms with E-state index < -0.39 is 6.10 Å². The van der Waals surface area contributed by atoms with Crippen LogP contribution in [-0.2, 0) is 28.6 Å². The summed E-state index contributed by atoms with van der Waals surface area (Å²) in [5.74, 6) is -0.939. The van der Waals surface area contributed by atoms with Gasteiger partial charge in [-0.05, 0) is 141 Å². The van der Waals surface area contributed by atoms with Gasteiger partial charge in [-0.15, -0.1) is 0 Å². The Balaban J connectivity index is 4.49. The second-order valence-corrected chi connectivity index (χ2v) is 20.9. The molecule has 1 atom stereocenters. The minimum Gasteiger partial charge on any atom is -0.462 e. The molecular weight excluding hydrogens is 973 g/mol. The summed E-state index contributed by atoms with van der Waals surface area (Å²) in [6.45, 7) is 6.36. The highest BCUT2D eigenvalue weighted by atomic mass is 16.6. The van der Waals surface area contributed by atoms with Gasteiger partial charge in [-0.1, -0.05) is 263 Å². The molecule has 446 valence electrons. The van der Waals surface area contributed by atoms with Crippen molar-refractivity contribution in [3.05, 3.63) is 146 Å². The standard InChI is InChI=1S/C73H118O6/c1-4-7-10-13-16-19-22-25-28-31-33-35-36-38-39-42-45-48-51-54-57-60-63-66-72(75)78-69-70(68-77-71(74)65-62-59-56-53-50-47-44-41-30-27-24-21-18-15-12-9-6-3)79-73(76)67-64-61-58-55-52-49-46-43-40-37-34-32-29-26-23-20-17-14-11-8-5-2/h7-8,10-11,16-21,25-30,33-35,37-39,45,48,70H,4-6,9,12-15,22-24,31-32,36,40-44,46-47,49-69H2,1-3H3/b10-7-,11-8-,19-16-,20-17-,21-18-,28-25-,29-26-,30-27-,35-33-,37-34-,39-38-,48-45-. The van der Waals surface area contributed by atoms with Crippen molar-refractivity contribution in [1.29, 1.82) is 0 Å². The number of ether oxygens (including phenoxy) is 3. The summed E-state index contributed by atoms with van der Waals surface area (Å²) in [4.78, 5) is 38.4. The van der Waals surface area contributed by atoms with Crippen LogP contribution >= 0.6 is 0 Å². The predicted octanol–water partition coefficient (Wildman–Crippen LogP) is 22.3. The van der Waals surface area contributed by atoms with Crippen LogP contribution in [0.25, 0.3) is 0 Å². The van der Waals surface area contributed by atoms with Gasteiger partial charge in [0, 0.05) is 19.3 Å². The maximum absolute atomic E-state index is 12.9. The van der Waals surface area contributed by atoms with Gasteiger partial charge in [-0.3, -0.25) is 14.4 Å². The number of esters is 3. The summed E-state index contributed by atoms with van der Waals surface area (Å²) in [6, 6.07) is 0. The van der Waals surface area contributed by atoms with Crippen LogP contribution in [0, 0.1) is 0 Å². The molecule has 0 heterocycles. The molecule has 0 aromatic heterocycles. The topological polar surface area (TPSA) is 78.9 Å². The van der Waals surface area contributed by atoms with Crippen molar-refractivity contribution in [2.75, 3.05) is 13.2 Å². The van der Waals surface area contributed by atoms with Crippen molar-refractivity contribution in [3.63, 3.8) is 0 Å². The third-order valence-electron chi connectivity index (χ3n) is 13.3. The lowest BCUT2D eigenvalue weighted by Gasteiger charge is -2.18. The lowest BCUT2D eigenvalue weighted by Crippen LogP contribution is -2.30. The molecule has 0 aliphatic carbocycles. The Bertz CT molecular complexity index is 1730. The summed E-state index contributed by atoms with van der Waals surface area (Å²) >= 11 is 0. The van der Waals surface area contributed by atoms with E-state index in [4.69, 9.17) is 14.2 Å². The predicted molar refractivity (Wildman–Crippen MR) is 343 cm³/mol. The first-order valence-corrected chi connectivity index (χ1v) is 32.3. The van der Waals surface area contributed by atoms with E-state index in [1.807, 2.05) is 0 Å². The number of unbranched alkanes of at least 4 members (excludes halogenated alkanes) is 22. The molecule has 0 aromatic carbocycles. The van der Waals surface area contributed by atoms with Crippen molar-refractivity contribution < 1.29 is 28.6 Å². The molecule has 0 saturated carbocycles. The molecule has 0 aromatic rings. The zero-order valence-corrected chi connectivity index (χ0v) is 51.1. The number of hydrogen-bond acceptors (Lipinski definition) is 6. The van der Waals surface area contributed by atoms with Crippen molar-refractivity contribution in [3.8, 4) is 0 Å². The zero-order valence-electron chi connectivity index (χ0n) is 51.1. The van der Waals surface area contributed by atoms with Crippen molar-refractivity contribution >= 4 is 17.9 Å². The van der Waals surface area contributed by atoms with Crippen LogP contribution in [0.3, 0.4) is 0 Å². The van der Waals surface area contributed by atoms with Gasteiger partial charge in [0.2, 0.25) is 0 Å². The molecule has 0 rings (SSSR count). The van der Waals surface area contributed by atoms with E-state index in [1.165, 1.54) is 83.5 Å². The highest BCUT2D eigenvalue weighted by Gasteiger charge is 2.19. The fourth-order valence-electron chi connectivity index (χ4n) is 8.53. The molecular formula is C73H118O6. The highest BCUT2D eigenvalue weighted by Crippen LogP contribution is 2.15. The first kappa shape index (κ1) is 74.3. The molecule has 0 aliphatic heterocycles. The van der Waals surface area contributed by atoms with Crippen LogP contribution in [-0.4, -0.2) is 37.2 Å². The molecule has 1 unspecified atom stereocenters. The van der Waals surface area contributed by atoms with Gasteiger partial charge in [0.05, 0.1) is 0 Å². The molecule has 0 fully saturated rings. The first-order chi connectivity index (χ1) is 39.0. The second kappa shape index (κ2) is 65.8. The third-order valence-corrected chi connectivity index (χ3v) is 13.3. The molecule has 0 spiro atoms. The van der Waals surface area contributed by atoms with Crippen molar-refractivity contribution in [2.24, 2.45) is 0 Å². The Kier molecular flexibility index (Phi) is 61.9. The zero-order chi connectivity index (χ0) is 57.1. The van der Waals surface area contributed by atoms with E-state index in [0.29, 0.717) is 19.3 Å². The van der Waals surface area contributed by atoms with Gasteiger partial charge < -0.3 is 14.2 Å². The number of rotatable bonds is 57. The van der Waals surface area contributed by atoms with E-state index >= 15 is 0 Å². The Morgan fingerprint density at radius 1 is 0.266 bits per heavy atom. The molecule has 0 saturated heterocycles. The van der Waals surface area contributed by atoms with Crippen molar-refractivity contribution in [1.82, 2.24) is 0 Å². The lowest BCUT2D eigenvalue weighted by molar-refractivity contribution is -0.167. The minimum absolute atomic E-state index is 0.0988. The van der Waals surface area contributed by atoms with Crippen LogP contribution in [0.2, 0.25) is 0 Å². The molecule has 6 nitrogen and oxygen atoms in total. The summed E-state index contributed by atoms with van der Waals surface area (Å²) < 4.78 is 16.9. The molecule has 79 heavy (non-hydrogen) atoms. The molecule has 0 bridgehead atoms. The summed E-state index contributed by atoms with van der Waals surface area (Å²) in [6.07, 6.45) is 94.1. The van der Waals surface area contributed by atoms with Crippen LogP contribution in [0.5, 0.6) is 0 Å². The fraction of sp³-hybridized carbons (Fsp3) is 0.630. The van der Waals surface area contributed by atoms with Gasteiger partial charge in [-0.25, -0.2) is 0 Å². The average molecular weight is 1090 g/mol. The SMILES string of the molecule is CC/C=C\C/C=C\C/C=C\C/C=C\C/C=C\C/C=C\CCCCCCC(=O)OCC(COC(=O)CCCCCCCCC/C=C\C/C=C\CCCCC)OC(=O)CCCCCCCCCC/C=C\C/C=C\C/C=C\C/C=C\CC. The summed E-state index contributed by atoms with van der Waals surface area (Å²) in [7, 11) is 0. The minimum atomic E-state index is -0.805. The van der Waals surface area contributed by atoms with Gasteiger partial charge in [0.15, 0.2) is 6.10 Å². The number of carbonyl (C=O) groups is 3. The molecule has 6 heteroatoms. The number of allylic oxidation sites excluding steroid dienone is 24. The average Bonchev–Trinajstić information content (AvgIpc) is 3.45. The normalized spacial score (nSPS) is 13.1. The first-order valence-electron chi connectivity index (χ1n) is 32.3. The van der Waals surface area contributed by atoms with Crippen LogP contribution in [0.1, 0.15) is 278 Å². The van der Waals surface area contributed by atoms with Gasteiger partial charge in [0.25, 0.3) is 0 Å². The van der Waals surface area contributed by atoms with E-state index in [9.17, 15) is 14.4 Å². The van der Waals surface area contributed by atoms with Gasteiger partial charge in [0.1, 0.15) is 13.2 Å².